The van der Waals surface area contributed by atoms with Crippen molar-refractivity contribution in [2.45, 2.75) is 26.3 Å². The van der Waals surface area contributed by atoms with Crippen molar-refractivity contribution in [3.63, 3.8) is 0 Å². The van der Waals surface area contributed by atoms with Gasteiger partial charge in [0.25, 0.3) is 0 Å². The van der Waals surface area contributed by atoms with Gasteiger partial charge in [0, 0.05) is 32.0 Å². The van der Waals surface area contributed by atoms with Crippen molar-refractivity contribution < 1.29 is 9.59 Å². The van der Waals surface area contributed by atoms with Gasteiger partial charge in [0.2, 0.25) is 0 Å². The maximum absolute atomic E-state index is 12.0. The average molecular weight is 261 g/mol. The van der Waals surface area contributed by atoms with Crippen molar-refractivity contribution in [2.24, 2.45) is 5.92 Å². The van der Waals surface area contributed by atoms with Crippen LogP contribution in [0.15, 0.2) is 24.5 Å². The van der Waals surface area contributed by atoms with Gasteiger partial charge in [0.15, 0.2) is 0 Å². The molecule has 1 aliphatic heterocycles. The highest BCUT2D eigenvalue weighted by Crippen LogP contribution is 2.15. The van der Waals surface area contributed by atoms with E-state index in [2.05, 4.69) is 17.2 Å². The van der Waals surface area contributed by atoms with Gasteiger partial charge in [-0.15, -0.1) is 0 Å². The molecule has 2 amide bonds. The van der Waals surface area contributed by atoms with E-state index in [9.17, 15) is 9.59 Å². The number of aromatic nitrogens is 1. The lowest BCUT2D eigenvalue weighted by molar-refractivity contribution is -0.147. The Bertz CT molecular complexity index is 447. The first-order chi connectivity index (χ1) is 9.16. The first kappa shape index (κ1) is 13.5. The van der Waals surface area contributed by atoms with Gasteiger partial charge in [-0.2, -0.15) is 0 Å². The molecule has 19 heavy (non-hydrogen) atoms. The summed E-state index contributed by atoms with van der Waals surface area (Å²) in [7, 11) is 0. The van der Waals surface area contributed by atoms with Crippen LogP contribution in [-0.4, -0.2) is 34.8 Å². The fourth-order valence-electron chi connectivity index (χ4n) is 2.28. The summed E-state index contributed by atoms with van der Waals surface area (Å²) in [5, 5.41) is 2.65. The van der Waals surface area contributed by atoms with Crippen LogP contribution in [0.4, 0.5) is 0 Å². The fraction of sp³-hybridized carbons (Fsp3) is 0.500. The second kappa shape index (κ2) is 6.31. The topological polar surface area (TPSA) is 62.3 Å². The number of piperidine rings is 1. The molecule has 1 unspecified atom stereocenters. The number of nitrogens with zero attached hydrogens (tertiary/aromatic N) is 2. The number of pyridine rings is 1. The minimum Gasteiger partial charge on any atom is -0.344 e. The summed E-state index contributed by atoms with van der Waals surface area (Å²) in [6.07, 6.45) is 5.43. The van der Waals surface area contributed by atoms with Gasteiger partial charge in [-0.25, -0.2) is 0 Å². The summed E-state index contributed by atoms with van der Waals surface area (Å²) in [4.78, 5) is 29.3. The normalized spacial score (nSPS) is 19.0. The third-order valence-corrected chi connectivity index (χ3v) is 3.34. The molecule has 5 heteroatoms. The van der Waals surface area contributed by atoms with E-state index in [1.54, 1.807) is 17.3 Å². The maximum Gasteiger partial charge on any atom is 0.311 e. The highest BCUT2D eigenvalue weighted by atomic mass is 16.2. The molecule has 1 saturated heterocycles. The molecule has 1 N–H and O–H groups in total. The van der Waals surface area contributed by atoms with Crippen LogP contribution in [0.3, 0.4) is 0 Å². The van der Waals surface area contributed by atoms with Crippen molar-refractivity contribution in [3.8, 4) is 0 Å². The predicted molar refractivity (Wildman–Crippen MR) is 71.1 cm³/mol. The standard InChI is InChI=1S/C14H19N3O2/c1-11-3-2-8-17(10-11)14(19)13(18)16-9-12-4-6-15-7-5-12/h4-7,11H,2-3,8-10H2,1H3,(H,16,18). The van der Waals surface area contributed by atoms with Crippen LogP contribution in [0, 0.1) is 5.92 Å². The van der Waals surface area contributed by atoms with Gasteiger partial charge in [-0.1, -0.05) is 6.92 Å². The molecule has 0 spiro atoms. The molecule has 1 aliphatic rings. The van der Waals surface area contributed by atoms with Crippen LogP contribution in [0.25, 0.3) is 0 Å². The molecule has 2 heterocycles. The third kappa shape index (κ3) is 3.77. The largest absolute Gasteiger partial charge is 0.344 e. The molecule has 102 valence electrons. The van der Waals surface area contributed by atoms with Gasteiger partial charge in [0.05, 0.1) is 0 Å². The molecule has 2 rings (SSSR count). The summed E-state index contributed by atoms with van der Waals surface area (Å²) >= 11 is 0. The van der Waals surface area contributed by atoms with E-state index in [-0.39, 0.29) is 0 Å². The average Bonchev–Trinajstić information content (AvgIpc) is 2.45. The van der Waals surface area contributed by atoms with Crippen LogP contribution in [-0.2, 0) is 16.1 Å². The van der Waals surface area contributed by atoms with Gasteiger partial charge < -0.3 is 10.2 Å². The second-order valence-electron chi connectivity index (χ2n) is 5.04. The van der Waals surface area contributed by atoms with E-state index < -0.39 is 11.8 Å². The number of likely N-dealkylation sites (tertiary alicyclic amines) is 1. The lowest BCUT2D eigenvalue weighted by Crippen LogP contribution is -2.46. The molecule has 0 radical (unpaired) electrons. The molecular weight excluding hydrogens is 242 g/mol. The van der Waals surface area contributed by atoms with E-state index in [0.29, 0.717) is 25.6 Å². The summed E-state index contributed by atoms with van der Waals surface area (Å²) < 4.78 is 0. The monoisotopic (exact) mass is 261 g/mol. The molecule has 0 aromatic carbocycles. The smallest absolute Gasteiger partial charge is 0.311 e. The number of carbonyl (C=O) groups excluding carboxylic acids is 2. The maximum atomic E-state index is 12.0. The minimum absolute atomic E-state index is 0.358. The van der Waals surface area contributed by atoms with Crippen molar-refractivity contribution in [1.82, 2.24) is 15.2 Å². The van der Waals surface area contributed by atoms with Gasteiger partial charge in [0.1, 0.15) is 0 Å². The van der Waals surface area contributed by atoms with E-state index in [0.717, 1.165) is 18.4 Å². The summed E-state index contributed by atoms with van der Waals surface area (Å²) in [6, 6.07) is 3.63. The van der Waals surface area contributed by atoms with Crippen LogP contribution < -0.4 is 5.32 Å². The van der Waals surface area contributed by atoms with Gasteiger partial charge in [-0.3, -0.25) is 14.6 Å². The molecule has 1 atom stereocenters. The highest BCUT2D eigenvalue weighted by molar-refractivity contribution is 6.34. The molecule has 1 aromatic rings. The van der Waals surface area contributed by atoms with Crippen LogP contribution >= 0.6 is 0 Å². The summed E-state index contributed by atoms with van der Waals surface area (Å²) in [5.41, 5.74) is 0.933. The molecule has 0 saturated carbocycles. The zero-order chi connectivity index (χ0) is 13.7. The van der Waals surface area contributed by atoms with Gasteiger partial charge in [-0.05, 0) is 36.5 Å². The molecule has 5 nitrogen and oxygen atoms in total. The zero-order valence-electron chi connectivity index (χ0n) is 11.1. The molecule has 0 aliphatic carbocycles. The van der Waals surface area contributed by atoms with E-state index >= 15 is 0 Å². The van der Waals surface area contributed by atoms with E-state index in [1.807, 2.05) is 12.1 Å². The number of nitrogens with one attached hydrogen (secondary N) is 1. The van der Waals surface area contributed by atoms with E-state index in [4.69, 9.17) is 0 Å². The third-order valence-electron chi connectivity index (χ3n) is 3.34. The van der Waals surface area contributed by atoms with Crippen molar-refractivity contribution >= 4 is 11.8 Å². The Balaban J connectivity index is 1.84. The van der Waals surface area contributed by atoms with Crippen molar-refractivity contribution in [3.05, 3.63) is 30.1 Å². The van der Waals surface area contributed by atoms with Crippen LogP contribution in [0.1, 0.15) is 25.3 Å². The summed E-state index contributed by atoms with van der Waals surface area (Å²) in [5.74, 6) is -0.461. The molecular formula is C14H19N3O2. The molecule has 0 bridgehead atoms. The predicted octanol–water partition coefficient (Wildman–Crippen LogP) is 0.956. The Morgan fingerprint density at radius 2 is 2.16 bits per heavy atom. The number of amides is 2. The number of rotatable bonds is 2. The minimum atomic E-state index is -0.522. The quantitative estimate of drug-likeness (QED) is 0.806. The summed E-state index contributed by atoms with van der Waals surface area (Å²) in [6.45, 7) is 3.83. The molecule has 1 fully saturated rings. The molecule has 1 aromatic heterocycles. The highest BCUT2D eigenvalue weighted by Gasteiger charge is 2.25. The second-order valence-corrected chi connectivity index (χ2v) is 5.04. The zero-order valence-corrected chi connectivity index (χ0v) is 11.1. The number of hydrogen-bond donors (Lipinski definition) is 1. The van der Waals surface area contributed by atoms with E-state index in [1.165, 1.54) is 0 Å². The lowest BCUT2D eigenvalue weighted by Gasteiger charge is -2.30. The van der Waals surface area contributed by atoms with Crippen LogP contribution in [0.2, 0.25) is 0 Å². The Morgan fingerprint density at radius 3 is 2.84 bits per heavy atom. The van der Waals surface area contributed by atoms with Crippen molar-refractivity contribution in [2.75, 3.05) is 13.1 Å². The SMILES string of the molecule is CC1CCCN(C(=O)C(=O)NCc2ccncc2)C1. The Labute approximate surface area is 113 Å². The number of carbonyl (C=O) groups is 2. The Kier molecular flexibility index (Phi) is 4.49. The Hall–Kier alpha value is -1.91. The van der Waals surface area contributed by atoms with Gasteiger partial charge >= 0.3 is 11.8 Å². The number of hydrogen-bond acceptors (Lipinski definition) is 3. The van der Waals surface area contributed by atoms with Crippen LogP contribution in [0.5, 0.6) is 0 Å². The lowest BCUT2D eigenvalue weighted by atomic mass is 10.0. The Morgan fingerprint density at radius 1 is 1.42 bits per heavy atom. The fourth-order valence-corrected chi connectivity index (χ4v) is 2.28. The first-order valence-electron chi connectivity index (χ1n) is 6.63. The van der Waals surface area contributed by atoms with Crippen molar-refractivity contribution in [1.29, 1.82) is 0 Å². The first-order valence-corrected chi connectivity index (χ1v) is 6.63.